The molecule has 23 heavy (non-hydrogen) atoms. The molecule has 6 heteroatoms. The lowest BCUT2D eigenvalue weighted by Crippen LogP contribution is -2.29. The van der Waals surface area contributed by atoms with Crippen LogP contribution in [0.4, 0.5) is 0 Å². The molecule has 1 N–H and O–H groups in total. The summed E-state index contributed by atoms with van der Waals surface area (Å²) in [6.07, 6.45) is 3.87. The number of hydrogen-bond acceptors (Lipinski definition) is 3. The maximum Gasteiger partial charge on any atom is 0.158 e. The van der Waals surface area contributed by atoms with Gasteiger partial charge in [-0.3, -0.25) is 9.89 Å². The topological polar surface area (TPSA) is 94.5 Å². The number of ketones is 1. The summed E-state index contributed by atoms with van der Waals surface area (Å²) >= 11 is 0. The minimum atomic E-state index is -0.285. The number of fused-ring (bicyclic) bond motifs is 5. The first-order chi connectivity index (χ1) is 11.1. The monoisotopic (exact) mass is 307 g/mol. The fraction of sp³-hybridized carbons (Fsp3) is 0.412. The number of carbonyl (C=O) groups is 1. The summed E-state index contributed by atoms with van der Waals surface area (Å²) in [4.78, 5) is 15.4. The van der Waals surface area contributed by atoms with Gasteiger partial charge in [0, 0.05) is 22.1 Å². The first kappa shape index (κ1) is 14.0. The molecule has 0 spiro atoms. The number of aromatic nitrogens is 2. The molecule has 2 aliphatic carbocycles. The van der Waals surface area contributed by atoms with Crippen LogP contribution < -0.4 is 0 Å². The lowest BCUT2D eigenvalue weighted by atomic mass is 9.66. The maximum atomic E-state index is 12.3. The quantitative estimate of drug-likeness (QED) is 0.503. The molecule has 116 valence electrons. The number of H-pyrrole nitrogens is 1. The van der Waals surface area contributed by atoms with Crippen molar-refractivity contribution in [1.29, 1.82) is 0 Å². The highest BCUT2D eigenvalue weighted by atomic mass is 16.1. The van der Waals surface area contributed by atoms with E-state index in [2.05, 4.69) is 27.1 Å². The molecule has 1 aromatic carbocycles. The van der Waals surface area contributed by atoms with Crippen LogP contribution in [0.5, 0.6) is 0 Å². The van der Waals surface area contributed by atoms with E-state index in [0.717, 1.165) is 46.0 Å². The number of nitrogens with one attached hydrogen (secondary N) is 1. The molecule has 2 aliphatic rings. The number of hydrogen-bond donors (Lipinski definition) is 1. The van der Waals surface area contributed by atoms with Crippen LogP contribution in [0.15, 0.2) is 29.0 Å². The third kappa shape index (κ3) is 1.61. The summed E-state index contributed by atoms with van der Waals surface area (Å²) in [5.74, 6) is 0.198. The summed E-state index contributed by atoms with van der Waals surface area (Å²) in [6.45, 7) is 4.02. The fourth-order valence-electron chi connectivity index (χ4n) is 4.50. The first-order valence-electron chi connectivity index (χ1n) is 7.89. The Kier molecular flexibility index (Phi) is 2.87. The highest BCUT2D eigenvalue weighted by Crippen LogP contribution is 2.63. The van der Waals surface area contributed by atoms with Crippen molar-refractivity contribution in [2.24, 2.45) is 10.5 Å². The SMILES string of the molecule is CC[C@@]12CCC(=O)C(C)=C1c1ccc3[nH]ncc3c1[C@H]2N=[N+]=[N-]. The van der Waals surface area contributed by atoms with Crippen LogP contribution in [-0.4, -0.2) is 16.0 Å². The van der Waals surface area contributed by atoms with E-state index in [1.165, 1.54) is 0 Å². The molecule has 0 saturated heterocycles. The molecular formula is C17H17N5O. The fourth-order valence-corrected chi connectivity index (χ4v) is 4.50. The Bertz CT molecular complexity index is 918. The van der Waals surface area contributed by atoms with Crippen LogP contribution in [0.2, 0.25) is 0 Å². The molecule has 0 saturated carbocycles. The van der Waals surface area contributed by atoms with Crippen LogP contribution in [0, 0.1) is 5.41 Å². The van der Waals surface area contributed by atoms with Gasteiger partial charge >= 0.3 is 0 Å². The van der Waals surface area contributed by atoms with Crippen molar-refractivity contribution in [3.8, 4) is 0 Å². The highest BCUT2D eigenvalue weighted by Gasteiger charge is 2.52. The number of benzene rings is 1. The molecule has 6 nitrogen and oxygen atoms in total. The standard InChI is InChI=1S/C17H17N5O/c1-3-17-7-6-13(23)9(2)15(17)10-4-5-12-11(8-19-20-12)14(10)16(17)21-22-18/h4-5,8,16H,3,6-7H2,1-2H3,(H,19,20)/t16-,17-/m1/s1. The van der Waals surface area contributed by atoms with Crippen molar-refractivity contribution in [2.45, 2.75) is 39.2 Å². The third-order valence-corrected chi connectivity index (χ3v) is 5.62. The molecule has 4 rings (SSSR count). The second kappa shape index (κ2) is 4.70. The summed E-state index contributed by atoms with van der Waals surface area (Å²) < 4.78 is 0. The molecular weight excluding hydrogens is 290 g/mol. The van der Waals surface area contributed by atoms with Gasteiger partial charge in [-0.1, -0.05) is 18.1 Å². The van der Waals surface area contributed by atoms with Crippen LogP contribution >= 0.6 is 0 Å². The number of aromatic amines is 1. The number of Topliss-reactive ketones (excluding diaryl/α,β-unsaturated/α-hetero) is 1. The Labute approximate surface area is 133 Å². The Morgan fingerprint density at radius 3 is 3.09 bits per heavy atom. The van der Waals surface area contributed by atoms with Crippen molar-refractivity contribution < 1.29 is 4.79 Å². The highest BCUT2D eigenvalue weighted by molar-refractivity contribution is 6.08. The van der Waals surface area contributed by atoms with E-state index in [-0.39, 0.29) is 17.2 Å². The second-order valence-electron chi connectivity index (χ2n) is 6.40. The zero-order valence-corrected chi connectivity index (χ0v) is 13.1. The van der Waals surface area contributed by atoms with Gasteiger partial charge in [0.15, 0.2) is 5.78 Å². The van der Waals surface area contributed by atoms with E-state index in [4.69, 9.17) is 5.53 Å². The molecule has 1 heterocycles. The van der Waals surface area contributed by atoms with Crippen LogP contribution in [0.3, 0.4) is 0 Å². The Hall–Kier alpha value is -2.59. The molecule has 0 fully saturated rings. The zero-order valence-electron chi connectivity index (χ0n) is 13.1. The number of allylic oxidation sites excluding steroid dienone is 1. The van der Waals surface area contributed by atoms with Crippen molar-refractivity contribution in [3.63, 3.8) is 0 Å². The van der Waals surface area contributed by atoms with Gasteiger partial charge in [0.25, 0.3) is 0 Å². The Balaban J connectivity index is 2.16. The van der Waals surface area contributed by atoms with Crippen molar-refractivity contribution in [2.75, 3.05) is 0 Å². The average molecular weight is 307 g/mol. The Morgan fingerprint density at radius 2 is 2.35 bits per heavy atom. The smallest absolute Gasteiger partial charge is 0.158 e. The third-order valence-electron chi connectivity index (χ3n) is 5.62. The van der Waals surface area contributed by atoms with Crippen LogP contribution in [0.1, 0.15) is 50.3 Å². The van der Waals surface area contributed by atoms with E-state index in [1.807, 2.05) is 19.1 Å². The normalized spacial score (nSPS) is 26.2. The predicted octanol–water partition coefficient (Wildman–Crippen LogP) is 4.46. The van der Waals surface area contributed by atoms with Crippen LogP contribution in [0.25, 0.3) is 26.9 Å². The van der Waals surface area contributed by atoms with Gasteiger partial charge in [-0.2, -0.15) is 5.10 Å². The van der Waals surface area contributed by atoms with Crippen molar-refractivity contribution >= 4 is 22.3 Å². The van der Waals surface area contributed by atoms with Gasteiger partial charge in [-0.05, 0) is 53.6 Å². The van der Waals surface area contributed by atoms with Gasteiger partial charge < -0.3 is 0 Å². The van der Waals surface area contributed by atoms with E-state index in [0.29, 0.717) is 6.42 Å². The summed E-state index contributed by atoms with van der Waals surface area (Å²) in [6, 6.07) is 3.73. The first-order valence-corrected chi connectivity index (χ1v) is 7.89. The minimum absolute atomic E-state index is 0.198. The van der Waals surface area contributed by atoms with Gasteiger partial charge in [0.05, 0.1) is 17.8 Å². The molecule has 0 aliphatic heterocycles. The largest absolute Gasteiger partial charge is 0.295 e. The lowest BCUT2D eigenvalue weighted by molar-refractivity contribution is -0.116. The molecule has 0 bridgehead atoms. The maximum absolute atomic E-state index is 12.3. The van der Waals surface area contributed by atoms with Crippen LogP contribution in [-0.2, 0) is 4.79 Å². The van der Waals surface area contributed by atoms with Gasteiger partial charge in [0.1, 0.15) is 0 Å². The van der Waals surface area contributed by atoms with E-state index < -0.39 is 0 Å². The predicted molar refractivity (Wildman–Crippen MR) is 87.5 cm³/mol. The minimum Gasteiger partial charge on any atom is -0.295 e. The Morgan fingerprint density at radius 1 is 1.52 bits per heavy atom. The van der Waals surface area contributed by atoms with E-state index in [9.17, 15) is 4.79 Å². The van der Waals surface area contributed by atoms with E-state index in [1.54, 1.807) is 6.20 Å². The molecule has 2 atom stereocenters. The van der Waals surface area contributed by atoms with Gasteiger partial charge in [-0.25, -0.2) is 0 Å². The number of rotatable bonds is 2. The number of carbonyl (C=O) groups excluding carboxylic acids is 1. The van der Waals surface area contributed by atoms with Gasteiger partial charge in [0.2, 0.25) is 0 Å². The second-order valence-corrected chi connectivity index (χ2v) is 6.40. The number of nitrogens with zero attached hydrogens (tertiary/aromatic N) is 4. The summed E-state index contributed by atoms with van der Waals surface area (Å²) in [5, 5.41) is 12.3. The van der Waals surface area contributed by atoms with Gasteiger partial charge in [-0.15, -0.1) is 0 Å². The van der Waals surface area contributed by atoms with Crippen molar-refractivity contribution in [3.05, 3.63) is 45.5 Å². The molecule has 0 amide bonds. The van der Waals surface area contributed by atoms with Crippen molar-refractivity contribution in [1.82, 2.24) is 10.2 Å². The average Bonchev–Trinajstić information content (AvgIpc) is 3.13. The zero-order chi connectivity index (χ0) is 16.2. The number of azide groups is 1. The summed E-state index contributed by atoms with van der Waals surface area (Å²) in [5.41, 5.74) is 13.7. The molecule has 0 radical (unpaired) electrons. The molecule has 2 aromatic rings. The lowest BCUT2D eigenvalue weighted by Gasteiger charge is -2.38. The summed E-state index contributed by atoms with van der Waals surface area (Å²) in [7, 11) is 0. The molecule has 0 unspecified atom stereocenters. The molecule has 1 aromatic heterocycles. The van der Waals surface area contributed by atoms with E-state index >= 15 is 0 Å².